The molecule has 27 heavy (non-hydrogen) atoms. The quantitative estimate of drug-likeness (QED) is 0.825. The maximum atomic E-state index is 12.8. The summed E-state index contributed by atoms with van der Waals surface area (Å²) in [5, 5.41) is 4.30. The van der Waals surface area contributed by atoms with Crippen LogP contribution in [0.5, 0.6) is 5.88 Å². The molecular weight excluding hydrogens is 383 g/mol. The van der Waals surface area contributed by atoms with Crippen LogP contribution in [0.1, 0.15) is 12.0 Å². The largest absolute Gasteiger partial charge is 0.481 e. The van der Waals surface area contributed by atoms with E-state index in [0.717, 1.165) is 23.9 Å². The molecule has 1 atom stereocenters. The normalized spacial score (nSPS) is 16.3. The number of amides is 2. The number of hydrogen-bond acceptors (Lipinski definition) is 5. The molecule has 0 bridgehead atoms. The monoisotopic (exact) mass is 397 g/mol. The first-order valence-corrected chi connectivity index (χ1v) is 8.63. The minimum absolute atomic E-state index is 0.0934. The van der Waals surface area contributed by atoms with Gasteiger partial charge in [0.2, 0.25) is 17.7 Å². The maximum Gasteiger partial charge on any atom is 0.416 e. The van der Waals surface area contributed by atoms with Gasteiger partial charge in [0.05, 0.1) is 35.5 Å². The van der Waals surface area contributed by atoms with Gasteiger partial charge in [-0.05, 0) is 24.3 Å². The van der Waals surface area contributed by atoms with Crippen LogP contribution in [-0.4, -0.2) is 29.2 Å². The molecule has 0 aliphatic carbocycles. The van der Waals surface area contributed by atoms with E-state index in [2.05, 4.69) is 15.6 Å². The summed E-state index contributed by atoms with van der Waals surface area (Å²) in [7, 11) is 1.47. The molecule has 2 amide bonds. The lowest BCUT2D eigenvalue weighted by Gasteiger charge is -2.24. The molecule has 0 unspecified atom stereocenters. The number of alkyl halides is 3. The van der Waals surface area contributed by atoms with E-state index in [9.17, 15) is 22.8 Å². The molecule has 1 aliphatic rings. The Morgan fingerprint density at radius 1 is 1.33 bits per heavy atom. The molecule has 0 spiro atoms. The third-order valence-corrected chi connectivity index (χ3v) is 5.00. The van der Waals surface area contributed by atoms with Gasteiger partial charge < -0.3 is 15.4 Å². The molecule has 3 rings (SSSR count). The molecule has 0 saturated carbocycles. The van der Waals surface area contributed by atoms with Gasteiger partial charge in [0, 0.05) is 17.4 Å². The van der Waals surface area contributed by atoms with Crippen molar-refractivity contribution in [2.45, 2.75) is 22.7 Å². The first-order chi connectivity index (χ1) is 12.8. The predicted molar refractivity (Wildman–Crippen MR) is 93.8 cm³/mol. The molecule has 10 heteroatoms. The molecule has 0 radical (unpaired) electrons. The Kier molecular flexibility index (Phi) is 5.26. The summed E-state index contributed by atoms with van der Waals surface area (Å²) < 4.78 is 43.2. The molecule has 0 fully saturated rings. The van der Waals surface area contributed by atoms with Crippen molar-refractivity contribution in [1.29, 1.82) is 0 Å². The number of thioether (sulfide) groups is 1. The molecule has 2 N–H and O–H groups in total. The van der Waals surface area contributed by atoms with Crippen LogP contribution in [0, 0.1) is 0 Å². The summed E-state index contributed by atoms with van der Waals surface area (Å²) in [6.07, 6.45) is -3.21. The summed E-state index contributed by atoms with van der Waals surface area (Å²) in [5.74, 6) is -0.537. The number of carbonyl (C=O) groups is 2. The van der Waals surface area contributed by atoms with E-state index >= 15 is 0 Å². The second-order valence-electron chi connectivity index (χ2n) is 5.65. The van der Waals surface area contributed by atoms with Gasteiger partial charge in [0.25, 0.3) is 0 Å². The number of halogens is 3. The van der Waals surface area contributed by atoms with Crippen LogP contribution in [0.25, 0.3) is 0 Å². The van der Waals surface area contributed by atoms with Gasteiger partial charge in [0.15, 0.2) is 0 Å². The van der Waals surface area contributed by atoms with Crippen LogP contribution in [0.15, 0.2) is 41.4 Å². The highest BCUT2D eigenvalue weighted by atomic mass is 32.2. The van der Waals surface area contributed by atoms with Crippen molar-refractivity contribution in [3.05, 3.63) is 42.1 Å². The van der Waals surface area contributed by atoms with Crippen LogP contribution in [0.3, 0.4) is 0 Å². The van der Waals surface area contributed by atoms with Crippen molar-refractivity contribution in [1.82, 2.24) is 4.98 Å². The van der Waals surface area contributed by atoms with E-state index in [0.29, 0.717) is 16.5 Å². The first-order valence-electron chi connectivity index (χ1n) is 7.75. The van der Waals surface area contributed by atoms with Crippen molar-refractivity contribution < 1.29 is 27.5 Å². The van der Waals surface area contributed by atoms with Crippen LogP contribution in [0.2, 0.25) is 0 Å². The fraction of sp³-hybridized carbons (Fsp3) is 0.235. The lowest BCUT2D eigenvalue weighted by molar-refractivity contribution is -0.137. The van der Waals surface area contributed by atoms with Crippen molar-refractivity contribution in [3.63, 3.8) is 0 Å². The molecule has 6 nitrogen and oxygen atoms in total. The summed E-state index contributed by atoms with van der Waals surface area (Å²) in [5.41, 5.74) is -0.307. The Hall–Kier alpha value is -2.75. The number of nitrogens with zero attached hydrogens (tertiary/aromatic N) is 1. The second-order valence-corrected chi connectivity index (χ2v) is 6.89. The Bertz CT molecular complexity index is 872. The summed E-state index contributed by atoms with van der Waals surface area (Å²) >= 11 is 1.05. The van der Waals surface area contributed by atoms with Crippen molar-refractivity contribution in [3.8, 4) is 5.88 Å². The Labute approximate surface area is 156 Å². The molecule has 1 aromatic heterocycles. The van der Waals surface area contributed by atoms with Gasteiger partial charge in [0.1, 0.15) is 0 Å². The van der Waals surface area contributed by atoms with E-state index in [4.69, 9.17) is 4.74 Å². The first kappa shape index (κ1) is 19.0. The Morgan fingerprint density at radius 3 is 2.74 bits per heavy atom. The molecule has 0 saturated heterocycles. The lowest BCUT2D eigenvalue weighted by atomic mass is 10.1. The van der Waals surface area contributed by atoms with Gasteiger partial charge in [-0.25, -0.2) is 4.98 Å². The Balaban J connectivity index is 1.66. The number of ether oxygens (including phenoxy) is 1. The predicted octanol–water partition coefficient (Wildman–Crippen LogP) is 3.55. The fourth-order valence-electron chi connectivity index (χ4n) is 2.42. The highest BCUT2D eigenvalue weighted by Crippen LogP contribution is 2.40. The number of anilines is 2. The summed E-state index contributed by atoms with van der Waals surface area (Å²) in [4.78, 5) is 28.8. The SMILES string of the molecule is COc1ccc(NC(=O)C[C@@H]2Sc3ccc(C(F)(F)F)cc3NC2=O)cn1. The molecule has 1 aliphatic heterocycles. The smallest absolute Gasteiger partial charge is 0.416 e. The zero-order valence-electron chi connectivity index (χ0n) is 14.0. The van der Waals surface area contributed by atoms with Gasteiger partial charge in [-0.2, -0.15) is 13.2 Å². The Morgan fingerprint density at radius 2 is 2.11 bits per heavy atom. The zero-order valence-corrected chi connectivity index (χ0v) is 14.8. The highest BCUT2D eigenvalue weighted by Gasteiger charge is 2.34. The van der Waals surface area contributed by atoms with Crippen molar-refractivity contribution in [2.24, 2.45) is 0 Å². The average molecular weight is 397 g/mol. The number of pyridine rings is 1. The third-order valence-electron chi connectivity index (χ3n) is 3.73. The van der Waals surface area contributed by atoms with Gasteiger partial charge in [-0.15, -0.1) is 11.8 Å². The van der Waals surface area contributed by atoms with Crippen LogP contribution < -0.4 is 15.4 Å². The lowest BCUT2D eigenvalue weighted by Crippen LogP contribution is -2.32. The highest BCUT2D eigenvalue weighted by molar-refractivity contribution is 8.01. The average Bonchev–Trinajstić information content (AvgIpc) is 2.61. The van der Waals surface area contributed by atoms with Gasteiger partial charge >= 0.3 is 6.18 Å². The maximum absolute atomic E-state index is 12.8. The van der Waals surface area contributed by atoms with Gasteiger partial charge in [-0.3, -0.25) is 9.59 Å². The summed E-state index contributed by atoms with van der Waals surface area (Å²) in [6.45, 7) is 0. The molecule has 2 heterocycles. The molecule has 1 aromatic carbocycles. The second kappa shape index (κ2) is 7.47. The number of aromatic nitrogens is 1. The van der Waals surface area contributed by atoms with E-state index in [1.54, 1.807) is 12.1 Å². The van der Waals surface area contributed by atoms with Crippen molar-refractivity contribution >= 4 is 35.0 Å². The van der Waals surface area contributed by atoms with E-state index in [1.807, 2.05) is 0 Å². The van der Waals surface area contributed by atoms with Gasteiger partial charge in [-0.1, -0.05) is 0 Å². The number of fused-ring (bicyclic) bond motifs is 1. The number of benzene rings is 1. The number of nitrogens with one attached hydrogen (secondary N) is 2. The van der Waals surface area contributed by atoms with Crippen LogP contribution in [-0.2, 0) is 15.8 Å². The standard InChI is InChI=1S/C17H14F3N3O3S/c1-26-15-5-3-10(8-21-15)22-14(24)7-13-16(25)23-11-6-9(17(18,19)20)2-4-12(11)27-13/h2-6,8,13H,7H2,1H3,(H,22,24)(H,23,25)/t13-/m0/s1. The van der Waals surface area contributed by atoms with Crippen molar-refractivity contribution in [2.75, 3.05) is 17.7 Å². The molecular formula is C17H14F3N3O3S. The minimum atomic E-state index is -4.49. The fourth-order valence-corrected chi connectivity index (χ4v) is 3.51. The number of carbonyl (C=O) groups excluding carboxylic acids is 2. The number of rotatable bonds is 4. The zero-order chi connectivity index (χ0) is 19.6. The molecule has 142 valence electrons. The minimum Gasteiger partial charge on any atom is -0.481 e. The summed E-state index contributed by atoms with van der Waals surface area (Å²) in [6, 6.07) is 6.31. The van der Waals surface area contributed by atoms with Crippen LogP contribution >= 0.6 is 11.8 Å². The topological polar surface area (TPSA) is 80.3 Å². The van der Waals surface area contributed by atoms with E-state index < -0.39 is 28.8 Å². The molecule has 2 aromatic rings. The van der Waals surface area contributed by atoms with E-state index in [-0.39, 0.29) is 12.1 Å². The third kappa shape index (κ3) is 4.51. The number of hydrogen-bond donors (Lipinski definition) is 2. The van der Waals surface area contributed by atoms with E-state index in [1.165, 1.54) is 19.4 Å². The van der Waals surface area contributed by atoms with Crippen LogP contribution in [0.4, 0.5) is 24.5 Å². The number of methoxy groups -OCH3 is 1.